The highest BCUT2D eigenvalue weighted by Gasteiger charge is 2.57. The maximum absolute atomic E-state index is 14.1. The summed E-state index contributed by atoms with van der Waals surface area (Å²) in [5.74, 6) is -5.90. The number of ketones is 2. The predicted molar refractivity (Wildman–Crippen MR) is 158 cm³/mol. The number of hydrogen-bond acceptors (Lipinski definition) is 8. The van der Waals surface area contributed by atoms with E-state index in [4.69, 9.17) is 16.3 Å². The molecular weight excluding hydrogens is 683 g/mol. The number of carbonyl (C=O) groups excluding carboxylic acids is 4. The molecule has 0 spiro atoms. The molecule has 4 aliphatic rings. The Kier molecular flexibility index (Phi) is 7.67. The Bertz CT molecular complexity index is 1790. The number of phenols is 1. The van der Waals surface area contributed by atoms with Crippen LogP contribution in [0.4, 0.5) is 19.0 Å². The van der Waals surface area contributed by atoms with E-state index < -0.39 is 64.7 Å². The number of Topliss-reactive ketones (excluding diaryl/α,β-unsaturated/α-hetero) is 1. The highest BCUT2D eigenvalue weighted by molar-refractivity contribution is 9.12. The van der Waals surface area contributed by atoms with Crippen molar-refractivity contribution in [2.45, 2.75) is 31.9 Å². The zero-order valence-electron chi connectivity index (χ0n) is 23.7. The Hall–Kier alpha value is -3.97. The number of benzene rings is 1. The van der Waals surface area contributed by atoms with E-state index in [1.165, 1.54) is 19.2 Å². The van der Waals surface area contributed by atoms with Gasteiger partial charge in [-0.3, -0.25) is 24.2 Å². The summed E-state index contributed by atoms with van der Waals surface area (Å²) in [7, 11) is 1.23. The lowest BCUT2D eigenvalue weighted by molar-refractivity contribution is -0.141. The third-order valence-corrected chi connectivity index (χ3v) is 9.53. The number of allylic oxidation sites excluding steroid dienone is 6. The van der Waals surface area contributed by atoms with Gasteiger partial charge in [0.15, 0.2) is 28.9 Å². The number of nitrogens with zero attached hydrogens (tertiary/aromatic N) is 3. The van der Waals surface area contributed by atoms with Crippen molar-refractivity contribution in [3.8, 4) is 11.5 Å². The molecule has 3 aliphatic carbocycles. The number of halogens is 5. The Balaban J connectivity index is 1.44. The minimum atomic E-state index is -4.79. The number of anilines is 1. The number of fused-ring (bicyclic) bond motifs is 3. The molecule has 45 heavy (non-hydrogen) atoms. The first-order chi connectivity index (χ1) is 21.2. The molecule has 1 aromatic carbocycles. The number of aromatic hydroxyl groups is 1. The van der Waals surface area contributed by atoms with Crippen molar-refractivity contribution in [2.24, 2.45) is 17.8 Å². The first-order valence-electron chi connectivity index (χ1n) is 13.9. The molecule has 9 nitrogen and oxygen atoms in total. The summed E-state index contributed by atoms with van der Waals surface area (Å²) in [6.07, 6.45) is -1.70. The van der Waals surface area contributed by atoms with Crippen LogP contribution in [0.5, 0.6) is 11.5 Å². The summed E-state index contributed by atoms with van der Waals surface area (Å²) >= 11 is 9.36. The zero-order chi connectivity index (χ0) is 32.5. The molecule has 2 heterocycles. The van der Waals surface area contributed by atoms with Gasteiger partial charge in [0.1, 0.15) is 5.69 Å². The summed E-state index contributed by atoms with van der Waals surface area (Å²) in [4.78, 5) is 58.3. The van der Waals surface area contributed by atoms with Crippen LogP contribution in [0, 0.1) is 17.8 Å². The number of phenolic OH excluding ortho intramolecular Hbond substituents is 1. The van der Waals surface area contributed by atoms with Gasteiger partial charge in [-0.25, -0.2) is 4.98 Å². The van der Waals surface area contributed by atoms with Gasteiger partial charge in [0.05, 0.1) is 27.9 Å². The van der Waals surface area contributed by atoms with Crippen LogP contribution in [0.25, 0.3) is 0 Å². The number of alkyl halides is 3. The highest BCUT2D eigenvalue weighted by atomic mass is 79.9. The zero-order valence-corrected chi connectivity index (χ0v) is 26.0. The lowest BCUT2D eigenvalue weighted by atomic mass is 9.59. The molecule has 1 fully saturated rings. The number of aromatic nitrogens is 1. The van der Waals surface area contributed by atoms with Crippen molar-refractivity contribution >= 4 is 56.7 Å². The van der Waals surface area contributed by atoms with Crippen LogP contribution in [-0.2, 0) is 25.4 Å². The second-order valence-electron chi connectivity index (χ2n) is 11.1. The molecule has 2 aromatic rings. The quantitative estimate of drug-likeness (QED) is 0.240. The molecule has 1 aliphatic heterocycles. The molecule has 1 saturated heterocycles. The molecule has 6 rings (SSSR count). The van der Waals surface area contributed by atoms with E-state index in [1.54, 1.807) is 25.1 Å². The van der Waals surface area contributed by atoms with E-state index in [9.17, 15) is 37.5 Å². The SMILES string of the molecule is CCOc1cc([C@H]2C3=CC[C@@H]4C(=O)N(N(C)c5nc(C(F)(F)F)ccc5Cl)C(=O)[C@@H]4[C@@H]3CC3=C2C(=O)C=C(Br)C3=O)ccc1O. The number of rotatable bonds is 5. The second-order valence-corrected chi connectivity index (χ2v) is 12.3. The van der Waals surface area contributed by atoms with Crippen molar-refractivity contribution in [1.29, 1.82) is 0 Å². The number of carbonyl (C=O) groups is 4. The molecule has 4 atom stereocenters. The molecule has 1 N–H and O–H groups in total. The topological polar surface area (TPSA) is 117 Å². The molecular formula is C31H24BrClF3N3O6. The van der Waals surface area contributed by atoms with Crippen LogP contribution in [0.1, 0.15) is 36.9 Å². The van der Waals surface area contributed by atoms with E-state index in [2.05, 4.69) is 20.9 Å². The molecule has 1 aromatic heterocycles. The van der Waals surface area contributed by atoms with Crippen molar-refractivity contribution < 1.29 is 42.2 Å². The number of amides is 2. The van der Waals surface area contributed by atoms with Crippen LogP contribution in [0.3, 0.4) is 0 Å². The van der Waals surface area contributed by atoms with Gasteiger partial charge in [0, 0.05) is 30.2 Å². The Morgan fingerprint density at radius 2 is 1.87 bits per heavy atom. The normalized spacial score (nSPS) is 24.6. The largest absolute Gasteiger partial charge is 0.504 e. The standard InChI is InChI=1S/C31H24BrClF3N3O6/c1-3-45-22-10-13(4-8-20(22)40)24-14-5-6-15-25(16(14)11-17-26(24)21(41)12-18(32)27(17)42)30(44)39(29(15)43)38(2)28-19(33)7-9-23(37-28)31(34,35)36/h4-5,7-10,12,15-16,24-25,40H,3,6,11H2,1-2H3/t15-,16+,24-,25-/m0/s1. The van der Waals surface area contributed by atoms with Gasteiger partial charge < -0.3 is 9.84 Å². The van der Waals surface area contributed by atoms with E-state index in [0.29, 0.717) is 17.2 Å². The molecule has 0 unspecified atom stereocenters. The number of pyridine rings is 1. The highest BCUT2D eigenvalue weighted by Crippen LogP contribution is 2.56. The fourth-order valence-electron chi connectivity index (χ4n) is 6.76. The third kappa shape index (κ3) is 4.96. The number of ether oxygens (including phenoxy) is 1. The maximum atomic E-state index is 14.1. The van der Waals surface area contributed by atoms with Crippen molar-refractivity contribution in [1.82, 2.24) is 9.99 Å². The average molecular weight is 707 g/mol. The van der Waals surface area contributed by atoms with Crippen LogP contribution < -0.4 is 9.75 Å². The number of imide groups is 1. The number of hydrazine groups is 1. The first kappa shape index (κ1) is 31.0. The maximum Gasteiger partial charge on any atom is 0.433 e. The smallest absolute Gasteiger partial charge is 0.433 e. The molecule has 0 bridgehead atoms. The number of hydrogen-bond donors (Lipinski definition) is 1. The van der Waals surface area contributed by atoms with Crippen LogP contribution >= 0.6 is 27.5 Å². The van der Waals surface area contributed by atoms with E-state index in [-0.39, 0.29) is 51.6 Å². The van der Waals surface area contributed by atoms with Gasteiger partial charge in [-0.15, -0.1) is 0 Å². The summed E-state index contributed by atoms with van der Waals surface area (Å²) in [6.45, 7) is 1.99. The van der Waals surface area contributed by atoms with Crippen molar-refractivity contribution in [3.05, 3.63) is 80.0 Å². The van der Waals surface area contributed by atoms with Gasteiger partial charge in [-0.1, -0.05) is 29.3 Å². The first-order valence-corrected chi connectivity index (χ1v) is 15.1. The summed E-state index contributed by atoms with van der Waals surface area (Å²) in [5.41, 5.74) is 0.377. The summed E-state index contributed by atoms with van der Waals surface area (Å²) in [6, 6.07) is 6.30. The molecule has 234 valence electrons. The molecule has 14 heteroatoms. The van der Waals surface area contributed by atoms with Gasteiger partial charge in [0.2, 0.25) is 0 Å². The van der Waals surface area contributed by atoms with Gasteiger partial charge in [0.25, 0.3) is 11.8 Å². The second kappa shape index (κ2) is 11.1. The lowest BCUT2D eigenvalue weighted by Crippen LogP contribution is -2.46. The van der Waals surface area contributed by atoms with Gasteiger partial charge in [-0.2, -0.15) is 18.2 Å². The fraction of sp³-hybridized carbons (Fsp3) is 0.323. The van der Waals surface area contributed by atoms with Crippen molar-refractivity contribution in [3.63, 3.8) is 0 Å². The summed E-state index contributed by atoms with van der Waals surface area (Å²) < 4.78 is 46.0. The molecule has 2 amide bonds. The Morgan fingerprint density at radius 1 is 1.13 bits per heavy atom. The molecule has 0 saturated carbocycles. The van der Waals surface area contributed by atoms with Crippen molar-refractivity contribution in [2.75, 3.05) is 18.7 Å². The predicted octanol–water partition coefficient (Wildman–Crippen LogP) is 5.67. The average Bonchev–Trinajstić information content (AvgIpc) is 3.25. The monoisotopic (exact) mass is 705 g/mol. The van der Waals surface area contributed by atoms with Crippen LogP contribution in [0.2, 0.25) is 5.02 Å². The Morgan fingerprint density at radius 3 is 2.56 bits per heavy atom. The lowest BCUT2D eigenvalue weighted by Gasteiger charge is -2.42. The van der Waals surface area contributed by atoms with Gasteiger partial charge >= 0.3 is 6.18 Å². The fourth-order valence-corrected chi connectivity index (χ4v) is 7.43. The van der Waals surface area contributed by atoms with Crippen LogP contribution in [0.15, 0.2) is 63.7 Å². The van der Waals surface area contributed by atoms with Crippen LogP contribution in [-0.4, -0.2) is 52.1 Å². The van der Waals surface area contributed by atoms with E-state index in [0.717, 1.165) is 16.1 Å². The van der Waals surface area contributed by atoms with Gasteiger partial charge in [-0.05, 0) is 71.4 Å². The Labute approximate surface area is 268 Å². The van der Waals surface area contributed by atoms with E-state index >= 15 is 0 Å². The molecule has 0 radical (unpaired) electrons. The third-order valence-electron chi connectivity index (χ3n) is 8.65. The minimum Gasteiger partial charge on any atom is -0.504 e. The minimum absolute atomic E-state index is 0.0120. The summed E-state index contributed by atoms with van der Waals surface area (Å²) in [5, 5.41) is 11.8. The van der Waals surface area contributed by atoms with E-state index in [1.807, 2.05) is 0 Å².